The molecule has 1 saturated heterocycles. The standard InChI is InChI=1S/C16H23NO2/c1-5-15(18)19-16(10-11-17(4)13(16)3)14-9-7-6-8-12(14)2/h6-9,13H,5,10-11H2,1-4H3/t13-,16+/m0/s1. The van der Waals surface area contributed by atoms with Crippen molar-refractivity contribution >= 4 is 5.97 Å². The number of nitrogens with zero attached hydrogens (tertiary/aromatic N) is 1. The number of benzene rings is 1. The summed E-state index contributed by atoms with van der Waals surface area (Å²) in [7, 11) is 2.09. The Morgan fingerprint density at radius 3 is 2.68 bits per heavy atom. The minimum atomic E-state index is -0.493. The zero-order valence-corrected chi connectivity index (χ0v) is 12.3. The highest BCUT2D eigenvalue weighted by molar-refractivity contribution is 5.70. The number of carbonyl (C=O) groups excluding carboxylic acids is 1. The van der Waals surface area contributed by atoms with Gasteiger partial charge in [-0.2, -0.15) is 0 Å². The number of aryl methyl sites for hydroxylation is 1. The molecule has 1 aliphatic rings. The summed E-state index contributed by atoms with van der Waals surface area (Å²) < 4.78 is 5.92. The normalized spacial score (nSPS) is 27.5. The highest BCUT2D eigenvalue weighted by Gasteiger charge is 2.48. The molecule has 3 heteroatoms. The largest absolute Gasteiger partial charge is 0.452 e. The SMILES string of the molecule is CCC(=O)O[C@]1(c2ccccc2C)CCN(C)[C@H]1C. The molecule has 2 atom stereocenters. The van der Waals surface area contributed by atoms with Crippen LogP contribution >= 0.6 is 0 Å². The van der Waals surface area contributed by atoms with Gasteiger partial charge in [0.25, 0.3) is 0 Å². The van der Waals surface area contributed by atoms with Crippen LogP contribution in [0.1, 0.15) is 37.8 Å². The first-order valence-corrected chi connectivity index (χ1v) is 6.99. The molecule has 1 heterocycles. The van der Waals surface area contributed by atoms with Gasteiger partial charge in [0.1, 0.15) is 0 Å². The van der Waals surface area contributed by atoms with E-state index >= 15 is 0 Å². The van der Waals surface area contributed by atoms with Gasteiger partial charge >= 0.3 is 5.97 Å². The van der Waals surface area contributed by atoms with Gasteiger partial charge in [0, 0.05) is 24.9 Å². The molecular formula is C16H23NO2. The lowest BCUT2D eigenvalue weighted by Crippen LogP contribution is -2.43. The van der Waals surface area contributed by atoms with Crippen LogP contribution in [-0.4, -0.2) is 30.5 Å². The monoisotopic (exact) mass is 261 g/mol. The van der Waals surface area contributed by atoms with Gasteiger partial charge in [-0.05, 0) is 26.5 Å². The minimum Gasteiger partial charge on any atom is -0.452 e. The van der Waals surface area contributed by atoms with Crippen molar-refractivity contribution in [1.82, 2.24) is 4.90 Å². The van der Waals surface area contributed by atoms with E-state index in [1.807, 2.05) is 19.1 Å². The number of ether oxygens (including phenoxy) is 1. The highest BCUT2D eigenvalue weighted by atomic mass is 16.6. The van der Waals surface area contributed by atoms with Crippen LogP contribution in [0.2, 0.25) is 0 Å². The Kier molecular flexibility index (Phi) is 3.95. The molecule has 1 aromatic rings. The van der Waals surface area contributed by atoms with Crippen molar-refractivity contribution in [3.8, 4) is 0 Å². The quantitative estimate of drug-likeness (QED) is 0.784. The van der Waals surface area contributed by atoms with Crippen molar-refractivity contribution in [3.63, 3.8) is 0 Å². The summed E-state index contributed by atoms with van der Waals surface area (Å²) in [5.74, 6) is -0.120. The molecule has 0 spiro atoms. The van der Waals surface area contributed by atoms with E-state index in [2.05, 4.69) is 37.9 Å². The zero-order valence-electron chi connectivity index (χ0n) is 12.3. The van der Waals surface area contributed by atoms with Crippen molar-refractivity contribution in [2.24, 2.45) is 0 Å². The molecule has 1 aliphatic heterocycles. The third-order valence-corrected chi connectivity index (χ3v) is 4.36. The van der Waals surface area contributed by atoms with Crippen LogP contribution in [0.25, 0.3) is 0 Å². The maximum Gasteiger partial charge on any atom is 0.306 e. The Hall–Kier alpha value is -1.35. The molecule has 0 N–H and O–H groups in total. The third-order valence-electron chi connectivity index (χ3n) is 4.36. The number of likely N-dealkylation sites (tertiary alicyclic amines) is 1. The minimum absolute atomic E-state index is 0.120. The Morgan fingerprint density at radius 2 is 2.16 bits per heavy atom. The predicted octanol–water partition coefficient (Wildman–Crippen LogP) is 2.87. The van der Waals surface area contributed by atoms with Gasteiger partial charge in [0.2, 0.25) is 0 Å². The first kappa shape index (κ1) is 14.1. The molecule has 0 aliphatic carbocycles. The maximum absolute atomic E-state index is 11.9. The third kappa shape index (κ3) is 2.39. The molecule has 19 heavy (non-hydrogen) atoms. The van der Waals surface area contributed by atoms with Crippen molar-refractivity contribution in [1.29, 1.82) is 0 Å². The summed E-state index contributed by atoms with van der Waals surface area (Å²) in [4.78, 5) is 14.1. The summed E-state index contributed by atoms with van der Waals surface area (Å²) in [6, 6.07) is 8.42. The van der Waals surface area contributed by atoms with Gasteiger partial charge in [0.15, 0.2) is 5.60 Å². The Balaban J connectivity index is 2.46. The fraction of sp³-hybridized carbons (Fsp3) is 0.562. The topological polar surface area (TPSA) is 29.5 Å². The number of hydrogen-bond donors (Lipinski definition) is 0. The molecule has 104 valence electrons. The Bertz CT molecular complexity index is 472. The van der Waals surface area contributed by atoms with Crippen molar-refractivity contribution in [2.75, 3.05) is 13.6 Å². The number of hydrogen-bond acceptors (Lipinski definition) is 3. The van der Waals surface area contributed by atoms with Crippen LogP contribution in [0.4, 0.5) is 0 Å². The smallest absolute Gasteiger partial charge is 0.306 e. The second kappa shape index (κ2) is 5.33. The molecule has 1 fully saturated rings. The van der Waals surface area contributed by atoms with Crippen molar-refractivity contribution < 1.29 is 9.53 Å². The van der Waals surface area contributed by atoms with Gasteiger partial charge in [-0.25, -0.2) is 0 Å². The second-order valence-electron chi connectivity index (χ2n) is 5.44. The Labute approximate surface area is 115 Å². The van der Waals surface area contributed by atoms with Crippen molar-refractivity contribution in [2.45, 2.75) is 45.3 Å². The first-order chi connectivity index (χ1) is 9.01. The molecule has 3 nitrogen and oxygen atoms in total. The maximum atomic E-state index is 11.9. The summed E-state index contributed by atoms with van der Waals surface area (Å²) in [5, 5.41) is 0. The van der Waals surface area contributed by atoms with E-state index in [1.165, 1.54) is 5.56 Å². The molecule has 0 amide bonds. The van der Waals surface area contributed by atoms with Gasteiger partial charge < -0.3 is 4.74 Å². The summed E-state index contributed by atoms with van der Waals surface area (Å²) >= 11 is 0. The molecule has 0 aromatic heterocycles. The van der Waals surface area contributed by atoms with Crippen LogP contribution in [-0.2, 0) is 15.1 Å². The number of carbonyl (C=O) groups is 1. The zero-order chi connectivity index (χ0) is 14.0. The lowest BCUT2D eigenvalue weighted by atomic mass is 9.84. The van der Waals surface area contributed by atoms with E-state index < -0.39 is 5.60 Å². The molecule has 0 unspecified atom stereocenters. The fourth-order valence-electron chi connectivity index (χ4n) is 2.97. The highest BCUT2D eigenvalue weighted by Crippen LogP contribution is 2.42. The van der Waals surface area contributed by atoms with E-state index in [4.69, 9.17) is 4.74 Å². The number of likely N-dealkylation sites (N-methyl/N-ethyl adjacent to an activating group) is 1. The van der Waals surface area contributed by atoms with E-state index in [0.29, 0.717) is 6.42 Å². The van der Waals surface area contributed by atoms with E-state index in [1.54, 1.807) is 0 Å². The van der Waals surface area contributed by atoms with Gasteiger partial charge in [-0.1, -0.05) is 31.2 Å². The molecule has 0 bridgehead atoms. The summed E-state index contributed by atoms with van der Waals surface area (Å²) in [6.07, 6.45) is 1.28. The van der Waals surface area contributed by atoms with Gasteiger partial charge in [-0.15, -0.1) is 0 Å². The van der Waals surface area contributed by atoms with Crippen LogP contribution in [0.15, 0.2) is 24.3 Å². The van der Waals surface area contributed by atoms with Gasteiger partial charge in [0.05, 0.1) is 6.04 Å². The van der Waals surface area contributed by atoms with E-state index in [0.717, 1.165) is 18.5 Å². The molecule has 0 radical (unpaired) electrons. The lowest BCUT2D eigenvalue weighted by Gasteiger charge is -2.36. The number of rotatable bonds is 3. The van der Waals surface area contributed by atoms with Crippen molar-refractivity contribution in [3.05, 3.63) is 35.4 Å². The number of esters is 1. The van der Waals surface area contributed by atoms with Crippen LogP contribution in [0.3, 0.4) is 0 Å². The Morgan fingerprint density at radius 1 is 1.47 bits per heavy atom. The van der Waals surface area contributed by atoms with Crippen LogP contribution in [0, 0.1) is 6.92 Å². The predicted molar refractivity (Wildman–Crippen MR) is 75.9 cm³/mol. The molecule has 1 aromatic carbocycles. The van der Waals surface area contributed by atoms with E-state index in [-0.39, 0.29) is 12.0 Å². The summed E-state index contributed by atoms with van der Waals surface area (Å²) in [5.41, 5.74) is 1.84. The summed E-state index contributed by atoms with van der Waals surface area (Å²) in [6.45, 7) is 7.02. The van der Waals surface area contributed by atoms with Crippen LogP contribution in [0.5, 0.6) is 0 Å². The van der Waals surface area contributed by atoms with E-state index in [9.17, 15) is 4.79 Å². The molecule has 0 saturated carbocycles. The molecule has 2 rings (SSSR count). The second-order valence-corrected chi connectivity index (χ2v) is 5.44. The van der Waals surface area contributed by atoms with Crippen LogP contribution < -0.4 is 0 Å². The lowest BCUT2D eigenvalue weighted by molar-refractivity contribution is -0.163. The fourth-order valence-corrected chi connectivity index (χ4v) is 2.97. The molecular weight excluding hydrogens is 238 g/mol. The van der Waals surface area contributed by atoms with Gasteiger partial charge in [-0.3, -0.25) is 9.69 Å². The average Bonchev–Trinajstić information content (AvgIpc) is 2.68. The first-order valence-electron chi connectivity index (χ1n) is 6.99. The average molecular weight is 261 g/mol.